The molecule has 4 nitrogen and oxygen atoms in total. The molecule has 1 N–H and O–H groups in total. The molecule has 0 aromatic heterocycles. The first-order valence-corrected chi connectivity index (χ1v) is 11.6. The molecular formula is C23H33Cl5N2O2. The van der Waals surface area contributed by atoms with Gasteiger partial charge in [0, 0.05) is 22.2 Å². The van der Waals surface area contributed by atoms with Crippen LogP contribution in [0.2, 0.25) is 15.1 Å². The second kappa shape index (κ2) is 16.9. The normalized spacial score (nSPS) is 10.5. The van der Waals surface area contributed by atoms with Crippen molar-refractivity contribution in [3.8, 4) is 11.5 Å². The van der Waals surface area contributed by atoms with Crippen LogP contribution in [0.15, 0.2) is 30.3 Å². The summed E-state index contributed by atoms with van der Waals surface area (Å²) < 4.78 is 11.8. The van der Waals surface area contributed by atoms with Gasteiger partial charge in [0.25, 0.3) is 0 Å². The van der Waals surface area contributed by atoms with Gasteiger partial charge >= 0.3 is 0 Å². The maximum atomic E-state index is 6.53. The van der Waals surface area contributed by atoms with E-state index in [9.17, 15) is 0 Å². The van der Waals surface area contributed by atoms with Gasteiger partial charge in [-0.3, -0.25) is 0 Å². The molecule has 0 saturated heterocycles. The first kappa shape index (κ1) is 31.4. The Kier molecular flexibility index (Phi) is 16.6. The molecule has 9 heteroatoms. The van der Waals surface area contributed by atoms with E-state index in [0.29, 0.717) is 33.2 Å². The molecule has 0 unspecified atom stereocenters. The van der Waals surface area contributed by atoms with E-state index in [2.05, 4.69) is 24.1 Å². The molecule has 0 heterocycles. The quantitative estimate of drug-likeness (QED) is 0.268. The van der Waals surface area contributed by atoms with Gasteiger partial charge in [-0.25, -0.2) is 0 Å². The van der Waals surface area contributed by atoms with E-state index < -0.39 is 0 Å². The Morgan fingerprint density at radius 2 is 1.62 bits per heavy atom. The minimum atomic E-state index is 0. The third-order valence-corrected chi connectivity index (χ3v) is 5.68. The molecule has 0 fully saturated rings. The highest BCUT2D eigenvalue weighted by Crippen LogP contribution is 2.37. The van der Waals surface area contributed by atoms with Crippen molar-refractivity contribution in [3.63, 3.8) is 0 Å². The molecule has 0 radical (unpaired) electrons. The lowest BCUT2D eigenvalue weighted by atomic mass is 10.2. The van der Waals surface area contributed by atoms with Crippen LogP contribution in [0.5, 0.6) is 11.5 Å². The Hall–Kier alpha value is -0.590. The summed E-state index contributed by atoms with van der Waals surface area (Å²) in [4.78, 5) is 2.42. The number of benzene rings is 2. The van der Waals surface area contributed by atoms with Crippen LogP contribution >= 0.6 is 59.6 Å². The van der Waals surface area contributed by atoms with Crippen LogP contribution in [0.25, 0.3) is 0 Å². The predicted molar refractivity (Wildman–Crippen MR) is 142 cm³/mol. The number of ether oxygens (including phenoxy) is 2. The van der Waals surface area contributed by atoms with Crippen molar-refractivity contribution in [3.05, 3.63) is 56.5 Å². The molecule has 2 aromatic carbocycles. The second-order valence-corrected chi connectivity index (χ2v) is 8.17. The summed E-state index contributed by atoms with van der Waals surface area (Å²) in [6.45, 7) is 12.1. The highest BCUT2D eigenvalue weighted by Gasteiger charge is 2.14. The predicted octanol–water partition coefficient (Wildman–Crippen LogP) is 7.29. The molecule has 0 amide bonds. The second-order valence-electron chi connectivity index (χ2n) is 6.92. The zero-order valence-corrected chi connectivity index (χ0v) is 22.7. The standard InChI is InChI=1S/C23H31Cl3N2O2.2ClH/c1-4-28(5-2)11-7-10-27-15-17-12-21(26)23(22(13-17)29-6-3)30-16-18-8-9-19(24)14-20(18)25;;/h8-9,12-14,27H,4-7,10-11,15-16H2,1-3H3;2*1H. The average molecular weight is 547 g/mol. The fourth-order valence-electron chi connectivity index (χ4n) is 3.12. The summed E-state index contributed by atoms with van der Waals surface area (Å²) >= 11 is 18.7. The number of hydrogen-bond acceptors (Lipinski definition) is 4. The lowest BCUT2D eigenvalue weighted by Crippen LogP contribution is -2.27. The van der Waals surface area contributed by atoms with Gasteiger partial charge in [-0.2, -0.15) is 0 Å². The molecule has 0 atom stereocenters. The molecule has 0 aliphatic carbocycles. The average Bonchev–Trinajstić information content (AvgIpc) is 2.71. The van der Waals surface area contributed by atoms with E-state index in [1.54, 1.807) is 12.1 Å². The highest BCUT2D eigenvalue weighted by molar-refractivity contribution is 6.35. The van der Waals surface area contributed by atoms with Gasteiger partial charge in [-0.1, -0.05) is 54.7 Å². The molecule has 32 heavy (non-hydrogen) atoms. The topological polar surface area (TPSA) is 33.7 Å². The first-order chi connectivity index (χ1) is 14.5. The third kappa shape index (κ3) is 10.1. The van der Waals surface area contributed by atoms with E-state index in [1.165, 1.54) is 0 Å². The van der Waals surface area contributed by atoms with E-state index in [-0.39, 0.29) is 31.4 Å². The molecule has 0 aliphatic rings. The minimum absolute atomic E-state index is 0. The van der Waals surface area contributed by atoms with Crippen molar-refractivity contribution in [1.82, 2.24) is 10.2 Å². The number of hydrogen-bond donors (Lipinski definition) is 1. The molecule has 0 aliphatic heterocycles. The van der Waals surface area contributed by atoms with Crippen molar-refractivity contribution < 1.29 is 9.47 Å². The number of nitrogens with zero attached hydrogens (tertiary/aromatic N) is 1. The van der Waals surface area contributed by atoms with Crippen molar-refractivity contribution in [2.24, 2.45) is 0 Å². The summed E-state index contributed by atoms with van der Waals surface area (Å²) in [7, 11) is 0. The lowest BCUT2D eigenvalue weighted by molar-refractivity contribution is 0.269. The molecule has 2 rings (SSSR count). The first-order valence-electron chi connectivity index (χ1n) is 10.4. The Morgan fingerprint density at radius 1 is 0.906 bits per heavy atom. The summed E-state index contributed by atoms with van der Waals surface area (Å²) in [6, 6.07) is 9.22. The van der Waals surface area contributed by atoms with Crippen LogP contribution < -0.4 is 14.8 Å². The number of halogens is 5. The van der Waals surface area contributed by atoms with Crippen LogP contribution in [-0.2, 0) is 13.2 Å². The Labute approximate surface area is 219 Å². The van der Waals surface area contributed by atoms with Gasteiger partial charge < -0.3 is 19.7 Å². The van der Waals surface area contributed by atoms with Crippen LogP contribution in [0.3, 0.4) is 0 Å². The Bertz CT molecular complexity index is 804. The molecular weight excluding hydrogens is 514 g/mol. The number of rotatable bonds is 13. The Balaban J connectivity index is 0.00000480. The third-order valence-electron chi connectivity index (χ3n) is 4.81. The maximum Gasteiger partial charge on any atom is 0.180 e. The summed E-state index contributed by atoms with van der Waals surface area (Å²) in [5.41, 5.74) is 1.89. The number of nitrogens with one attached hydrogen (secondary N) is 1. The van der Waals surface area contributed by atoms with Crippen LogP contribution in [0.1, 0.15) is 38.3 Å². The fourth-order valence-corrected chi connectivity index (χ4v) is 3.87. The Morgan fingerprint density at radius 3 is 2.25 bits per heavy atom. The van der Waals surface area contributed by atoms with Gasteiger partial charge in [0.15, 0.2) is 11.5 Å². The van der Waals surface area contributed by atoms with E-state index in [4.69, 9.17) is 44.3 Å². The van der Waals surface area contributed by atoms with Crippen LogP contribution in [0, 0.1) is 0 Å². The molecule has 0 saturated carbocycles. The summed E-state index contributed by atoms with van der Waals surface area (Å²) in [5.74, 6) is 1.16. The van der Waals surface area contributed by atoms with E-state index in [0.717, 1.165) is 50.3 Å². The lowest BCUT2D eigenvalue weighted by Gasteiger charge is -2.18. The molecule has 0 spiro atoms. The smallest absolute Gasteiger partial charge is 0.180 e. The molecule has 0 bridgehead atoms. The van der Waals surface area contributed by atoms with Crippen molar-refractivity contribution >= 4 is 59.6 Å². The molecule has 2 aromatic rings. The summed E-state index contributed by atoms with van der Waals surface area (Å²) in [5, 5.41) is 5.15. The molecule has 182 valence electrons. The summed E-state index contributed by atoms with van der Waals surface area (Å²) in [6.07, 6.45) is 1.11. The van der Waals surface area contributed by atoms with Gasteiger partial charge in [-0.05, 0) is 69.4 Å². The maximum absolute atomic E-state index is 6.53. The van der Waals surface area contributed by atoms with Crippen LogP contribution in [0.4, 0.5) is 0 Å². The zero-order chi connectivity index (χ0) is 21.9. The van der Waals surface area contributed by atoms with E-state index in [1.807, 2.05) is 25.1 Å². The van der Waals surface area contributed by atoms with Gasteiger partial charge in [0.1, 0.15) is 6.61 Å². The fraction of sp³-hybridized carbons (Fsp3) is 0.478. The van der Waals surface area contributed by atoms with Gasteiger partial charge in [-0.15, -0.1) is 24.8 Å². The SMILES string of the molecule is CCOc1cc(CNCCCN(CC)CC)cc(Cl)c1OCc1ccc(Cl)cc1Cl.Cl.Cl. The van der Waals surface area contributed by atoms with Gasteiger partial charge in [0.05, 0.1) is 11.6 Å². The minimum Gasteiger partial charge on any atom is -0.490 e. The van der Waals surface area contributed by atoms with Crippen molar-refractivity contribution in [2.75, 3.05) is 32.8 Å². The van der Waals surface area contributed by atoms with Gasteiger partial charge in [0.2, 0.25) is 0 Å². The van der Waals surface area contributed by atoms with Crippen LogP contribution in [-0.4, -0.2) is 37.7 Å². The highest BCUT2D eigenvalue weighted by atomic mass is 35.5. The zero-order valence-electron chi connectivity index (χ0n) is 18.8. The van der Waals surface area contributed by atoms with Crippen molar-refractivity contribution in [2.45, 2.75) is 40.3 Å². The largest absolute Gasteiger partial charge is 0.490 e. The monoisotopic (exact) mass is 544 g/mol. The van der Waals surface area contributed by atoms with Crippen molar-refractivity contribution in [1.29, 1.82) is 0 Å². The van der Waals surface area contributed by atoms with E-state index >= 15 is 0 Å².